The van der Waals surface area contributed by atoms with Crippen LogP contribution >= 0.6 is 11.3 Å². The van der Waals surface area contributed by atoms with Crippen LogP contribution in [-0.2, 0) is 9.59 Å². The van der Waals surface area contributed by atoms with Crippen molar-refractivity contribution < 1.29 is 18.8 Å². The van der Waals surface area contributed by atoms with Gasteiger partial charge in [0, 0.05) is 44.9 Å². The Hall–Kier alpha value is -2.75. The Bertz CT molecular complexity index is 825. The van der Waals surface area contributed by atoms with Crippen LogP contribution in [0.4, 0.5) is 5.13 Å². The van der Waals surface area contributed by atoms with Crippen LogP contribution in [-0.4, -0.2) is 63.9 Å². The van der Waals surface area contributed by atoms with E-state index in [1.807, 2.05) is 13.8 Å². The molecule has 2 aromatic rings. The van der Waals surface area contributed by atoms with Crippen LogP contribution in [0, 0.1) is 0 Å². The zero-order valence-electron chi connectivity index (χ0n) is 15.9. The van der Waals surface area contributed by atoms with Crippen molar-refractivity contribution in [1.29, 1.82) is 0 Å². The number of furan rings is 1. The fourth-order valence-electron chi connectivity index (χ4n) is 2.79. The van der Waals surface area contributed by atoms with Crippen LogP contribution in [0.1, 0.15) is 48.2 Å². The van der Waals surface area contributed by atoms with Crippen LogP contribution in [0.3, 0.4) is 0 Å². The van der Waals surface area contributed by atoms with Crippen molar-refractivity contribution in [3.63, 3.8) is 0 Å². The fourth-order valence-corrected chi connectivity index (χ4v) is 3.56. The fraction of sp³-hybridized carbons (Fsp3) is 0.500. The maximum atomic E-state index is 12.4. The zero-order chi connectivity index (χ0) is 20.1. The number of hydrogen-bond donors (Lipinski definition) is 1. The molecular formula is C18H23N5O4S. The van der Waals surface area contributed by atoms with Crippen molar-refractivity contribution in [2.45, 2.75) is 32.6 Å². The molecular weight excluding hydrogens is 382 g/mol. The molecule has 3 heterocycles. The molecule has 1 saturated heterocycles. The summed E-state index contributed by atoms with van der Waals surface area (Å²) in [6.45, 7) is 5.79. The van der Waals surface area contributed by atoms with Gasteiger partial charge in [-0.25, -0.2) is 0 Å². The van der Waals surface area contributed by atoms with Gasteiger partial charge in [0.25, 0.3) is 5.91 Å². The van der Waals surface area contributed by atoms with Crippen LogP contribution in [0.15, 0.2) is 22.8 Å². The highest BCUT2D eigenvalue weighted by Crippen LogP contribution is 2.22. The third-order valence-electron chi connectivity index (χ3n) is 4.40. The minimum Gasteiger partial charge on any atom is -0.459 e. The number of hydrogen-bond acceptors (Lipinski definition) is 7. The monoisotopic (exact) mass is 405 g/mol. The van der Waals surface area contributed by atoms with E-state index in [0.717, 1.165) is 5.01 Å². The molecule has 150 valence electrons. The second kappa shape index (κ2) is 8.96. The molecule has 10 heteroatoms. The number of carbonyl (C=O) groups excluding carboxylic acids is 3. The maximum Gasteiger partial charge on any atom is 0.289 e. The Morgan fingerprint density at radius 2 is 1.86 bits per heavy atom. The highest BCUT2D eigenvalue weighted by molar-refractivity contribution is 7.15. The van der Waals surface area contributed by atoms with Gasteiger partial charge in [0.15, 0.2) is 5.76 Å². The van der Waals surface area contributed by atoms with Crippen LogP contribution in [0.2, 0.25) is 0 Å². The number of nitrogens with one attached hydrogen (secondary N) is 1. The molecule has 0 atom stereocenters. The molecule has 28 heavy (non-hydrogen) atoms. The van der Waals surface area contributed by atoms with Crippen molar-refractivity contribution in [1.82, 2.24) is 20.0 Å². The molecule has 0 saturated carbocycles. The summed E-state index contributed by atoms with van der Waals surface area (Å²) in [6, 6.07) is 3.30. The number of aromatic nitrogens is 2. The lowest BCUT2D eigenvalue weighted by molar-refractivity contribution is -0.134. The predicted molar refractivity (Wildman–Crippen MR) is 103 cm³/mol. The number of carbonyl (C=O) groups is 3. The van der Waals surface area contributed by atoms with Gasteiger partial charge >= 0.3 is 0 Å². The number of nitrogens with zero attached hydrogens (tertiary/aromatic N) is 4. The van der Waals surface area contributed by atoms with Gasteiger partial charge in [-0.05, 0) is 12.1 Å². The molecule has 1 aliphatic rings. The molecule has 0 unspecified atom stereocenters. The molecule has 0 aromatic carbocycles. The molecule has 3 amide bonds. The third kappa shape index (κ3) is 4.94. The predicted octanol–water partition coefficient (Wildman–Crippen LogP) is 1.96. The van der Waals surface area contributed by atoms with Gasteiger partial charge in [-0.15, -0.1) is 10.2 Å². The smallest absolute Gasteiger partial charge is 0.289 e. The normalized spacial score (nSPS) is 14.4. The average Bonchev–Trinajstić information content (AvgIpc) is 3.38. The van der Waals surface area contributed by atoms with Crippen molar-refractivity contribution in [2.24, 2.45) is 0 Å². The summed E-state index contributed by atoms with van der Waals surface area (Å²) in [6.07, 6.45) is 1.66. The summed E-state index contributed by atoms with van der Waals surface area (Å²) in [5, 5.41) is 11.9. The number of anilines is 1. The van der Waals surface area contributed by atoms with Crippen molar-refractivity contribution in [3.05, 3.63) is 29.2 Å². The van der Waals surface area contributed by atoms with E-state index in [1.54, 1.807) is 21.9 Å². The van der Waals surface area contributed by atoms with Gasteiger partial charge < -0.3 is 19.5 Å². The first-order chi connectivity index (χ1) is 13.4. The Morgan fingerprint density at radius 3 is 2.46 bits per heavy atom. The van der Waals surface area contributed by atoms with Gasteiger partial charge in [0.1, 0.15) is 5.01 Å². The van der Waals surface area contributed by atoms with Gasteiger partial charge in [0.2, 0.25) is 16.9 Å². The molecule has 0 bridgehead atoms. The van der Waals surface area contributed by atoms with E-state index < -0.39 is 0 Å². The highest BCUT2D eigenvalue weighted by atomic mass is 32.1. The topological polar surface area (TPSA) is 109 Å². The van der Waals surface area contributed by atoms with Crippen LogP contribution in [0.25, 0.3) is 0 Å². The van der Waals surface area contributed by atoms with E-state index in [1.165, 1.54) is 17.6 Å². The summed E-state index contributed by atoms with van der Waals surface area (Å²) in [7, 11) is 0. The standard InChI is InChI=1S/C18H23N5O4S/c1-12(2)16-20-21-18(28-16)19-14(24)5-6-15(25)22-7-9-23(10-8-22)17(26)13-4-3-11-27-13/h3-4,11-12H,5-10H2,1-2H3,(H,19,21,24). The highest BCUT2D eigenvalue weighted by Gasteiger charge is 2.26. The molecule has 0 aliphatic carbocycles. The van der Waals surface area contributed by atoms with Gasteiger partial charge in [0.05, 0.1) is 6.26 Å². The second-order valence-corrected chi connectivity index (χ2v) is 7.81. The molecule has 0 spiro atoms. The zero-order valence-corrected chi connectivity index (χ0v) is 16.7. The van der Waals surface area contributed by atoms with Gasteiger partial charge in [-0.1, -0.05) is 25.2 Å². The molecule has 9 nitrogen and oxygen atoms in total. The van der Waals surface area contributed by atoms with E-state index in [9.17, 15) is 14.4 Å². The third-order valence-corrected chi connectivity index (χ3v) is 5.54. The lowest BCUT2D eigenvalue weighted by Gasteiger charge is -2.34. The lowest BCUT2D eigenvalue weighted by atomic mass is 10.2. The molecule has 2 aromatic heterocycles. The minimum atomic E-state index is -0.258. The average molecular weight is 405 g/mol. The van der Waals surface area contributed by atoms with Crippen LogP contribution in [0.5, 0.6) is 0 Å². The first kappa shape index (κ1) is 20.0. The Morgan fingerprint density at radius 1 is 1.14 bits per heavy atom. The Labute approximate surface area is 166 Å². The van der Waals surface area contributed by atoms with E-state index in [4.69, 9.17) is 4.42 Å². The van der Waals surface area contributed by atoms with Crippen molar-refractivity contribution in [2.75, 3.05) is 31.5 Å². The Balaban J connectivity index is 1.40. The second-order valence-electron chi connectivity index (χ2n) is 6.80. The van der Waals surface area contributed by atoms with Crippen molar-refractivity contribution in [3.8, 4) is 0 Å². The quantitative estimate of drug-likeness (QED) is 0.787. The minimum absolute atomic E-state index is 0.0843. The first-order valence-electron chi connectivity index (χ1n) is 9.18. The van der Waals surface area contributed by atoms with Crippen molar-refractivity contribution >= 4 is 34.2 Å². The molecule has 1 fully saturated rings. The summed E-state index contributed by atoms with van der Waals surface area (Å²) >= 11 is 1.34. The summed E-state index contributed by atoms with van der Waals surface area (Å²) in [5.41, 5.74) is 0. The Kier molecular flexibility index (Phi) is 6.40. The lowest BCUT2D eigenvalue weighted by Crippen LogP contribution is -2.50. The van der Waals surface area contributed by atoms with Gasteiger partial charge in [-0.2, -0.15) is 0 Å². The molecule has 0 radical (unpaired) electrons. The molecule has 3 rings (SSSR count). The summed E-state index contributed by atoms with van der Waals surface area (Å²) < 4.78 is 5.13. The maximum absolute atomic E-state index is 12.4. The number of rotatable bonds is 6. The van der Waals surface area contributed by atoms with E-state index in [2.05, 4.69) is 15.5 Å². The first-order valence-corrected chi connectivity index (χ1v) is 9.99. The number of piperazine rings is 1. The molecule has 1 N–H and O–H groups in total. The van der Waals surface area contributed by atoms with Gasteiger partial charge in [-0.3, -0.25) is 14.4 Å². The SMILES string of the molecule is CC(C)c1nnc(NC(=O)CCC(=O)N2CCN(C(=O)c3ccco3)CC2)s1. The van der Waals surface area contributed by atoms with E-state index >= 15 is 0 Å². The van der Waals surface area contributed by atoms with E-state index in [0.29, 0.717) is 37.1 Å². The van der Waals surface area contributed by atoms with E-state index in [-0.39, 0.29) is 36.5 Å². The molecule has 1 aliphatic heterocycles. The summed E-state index contributed by atoms with van der Waals surface area (Å²) in [4.78, 5) is 40.0. The summed E-state index contributed by atoms with van der Waals surface area (Å²) in [5.74, 6) is 0.0259. The largest absolute Gasteiger partial charge is 0.459 e. The van der Waals surface area contributed by atoms with Crippen LogP contribution < -0.4 is 5.32 Å². The number of amides is 3.